The summed E-state index contributed by atoms with van der Waals surface area (Å²) in [4.78, 5) is 30.6. The Labute approximate surface area is 153 Å². The van der Waals surface area contributed by atoms with Gasteiger partial charge in [-0.3, -0.25) is 14.6 Å². The Kier molecular flexibility index (Phi) is 5.51. The standard InChI is InChI=1S/C20H23N3O3/c1-14(2)26-18-6-4-3-5-17(18)22-20(25)16-11-19(24)23(13-16)12-15-7-9-21-10-8-15/h3-10,14,16H,11-13H2,1-2H3,(H,22,25). The molecule has 0 radical (unpaired) electrons. The normalized spacial score (nSPS) is 16.8. The van der Waals surface area contributed by atoms with E-state index in [9.17, 15) is 9.59 Å². The van der Waals surface area contributed by atoms with E-state index in [1.54, 1.807) is 23.4 Å². The van der Waals surface area contributed by atoms with Gasteiger partial charge >= 0.3 is 0 Å². The minimum atomic E-state index is -0.364. The second kappa shape index (κ2) is 7.99. The van der Waals surface area contributed by atoms with Crippen LogP contribution < -0.4 is 10.1 Å². The molecule has 1 saturated heterocycles. The van der Waals surface area contributed by atoms with Gasteiger partial charge < -0.3 is 15.0 Å². The first-order valence-corrected chi connectivity index (χ1v) is 8.76. The van der Waals surface area contributed by atoms with Crippen LogP contribution in [0.4, 0.5) is 5.69 Å². The molecule has 2 heterocycles. The number of carbonyl (C=O) groups is 2. The maximum atomic E-state index is 12.6. The number of hydrogen-bond acceptors (Lipinski definition) is 4. The van der Waals surface area contributed by atoms with Crippen molar-refractivity contribution in [1.82, 2.24) is 9.88 Å². The predicted molar refractivity (Wildman–Crippen MR) is 98.6 cm³/mol. The van der Waals surface area contributed by atoms with Crippen molar-refractivity contribution in [3.63, 3.8) is 0 Å². The number of benzene rings is 1. The molecule has 1 aliphatic rings. The number of para-hydroxylation sites is 2. The van der Waals surface area contributed by atoms with Gasteiger partial charge in [0.05, 0.1) is 17.7 Å². The molecule has 0 aliphatic carbocycles. The maximum absolute atomic E-state index is 12.6. The average Bonchev–Trinajstić information content (AvgIpc) is 2.98. The van der Waals surface area contributed by atoms with Crippen molar-refractivity contribution >= 4 is 17.5 Å². The summed E-state index contributed by atoms with van der Waals surface area (Å²) in [6.45, 7) is 4.79. The van der Waals surface area contributed by atoms with Crippen LogP contribution in [-0.4, -0.2) is 34.3 Å². The van der Waals surface area contributed by atoms with Crippen molar-refractivity contribution in [2.75, 3.05) is 11.9 Å². The number of hydrogen-bond donors (Lipinski definition) is 1. The fourth-order valence-electron chi connectivity index (χ4n) is 2.97. The fourth-order valence-corrected chi connectivity index (χ4v) is 2.97. The molecule has 0 saturated carbocycles. The SMILES string of the molecule is CC(C)Oc1ccccc1NC(=O)C1CC(=O)N(Cc2ccncc2)C1. The molecule has 1 unspecified atom stereocenters. The molecule has 1 atom stereocenters. The summed E-state index contributed by atoms with van der Waals surface area (Å²) in [6, 6.07) is 11.1. The molecular weight excluding hydrogens is 330 g/mol. The van der Waals surface area contributed by atoms with Gasteiger partial charge in [0.1, 0.15) is 5.75 Å². The van der Waals surface area contributed by atoms with Crippen molar-refractivity contribution in [2.24, 2.45) is 5.92 Å². The summed E-state index contributed by atoms with van der Waals surface area (Å²) in [5, 5.41) is 2.91. The molecule has 2 aromatic rings. The van der Waals surface area contributed by atoms with E-state index in [0.29, 0.717) is 24.5 Å². The highest BCUT2D eigenvalue weighted by atomic mass is 16.5. The zero-order valence-corrected chi connectivity index (χ0v) is 15.0. The zero-order valence-electron chi connectivity index (χ0n) is 15.0. The first kappa shape index (κ1) is 17.9. The van der Waals surface area contributed by atoms with Crippen LogP contribution in [0.25, 0.3) is 0 Å². The highest BCUT2D eigenvalue weighted by molar-refractivity contribution is 5.98. The van der Waals surface area contributed by atoms with Gasteiger partial charge in [0.25, 0.3) is 0 Å². The van der Waals surface area contributed by atoms with Gasteiger partial charge in [0, 0.05) is 31.9 Å². The first-order chi connectivity index (χ1) is 12.5. The number of aromatic nitrogens is 1. The van der Waals surface area contributed by atoms with Crippen LogP contribution in [0.2, 0.25) is 0 Å². The molecule has 1 aromatic heterocycles. The van der Waals surface area contributed by atoms with Crippen molar-refractivity contribution in [1.29, 1.82) is 0 Å². The van der Waals surface area contributed by atoms with Crippen LogP contribution in [0.3, 0.4) is 0 Å². The van der Waals surface area contributed by atoms with E-state index < -0.39 is 0 Å². The minimum Gasteiger partial charge on any atom is -0.489 e. The number of rotatable bonds is 6. The van der Waals surface area contributed by atoms with Gasteiger partial charge in [-0.15, -0.1) is 0 Å². The fraction of sp³-hybridized carbons (Fsp3) is 0.350. The Bertz CT molecular complexity index is 777. The average molecular weight is 353 g/mol. The number of nitrogens with zero attached hydrogens (tertiary/aromatic N) is 2. The Morgan fingerprint density at radius 2 is 2.00 bits per heavy atom. The van der Waals surface area contributed by atoms with Gasteiger partial charge in [-0.1, -0.05) is 12.1 Å². The summed E-state index contributed by atoms with van der Waals surface area (Å²) in [7, 11) is 0. The Balaban J connectivity index is 1.63. The maximum Gasteiger partial charge on any atom is 0.229 e. The van der Waals surface area contributed by atoms with Gasteiger partial charge in [0.15, 0.2) is 0 Å². The summed E-state index contributed by atoms with van der Waals surface area (Å²) < 4.78 is 5.73. The van der Waals surface area contributed by atoms with E-state index in [0.717, 1.165) is 5.56 Å². The summed E-state index contributed by atoms with van der Waals surface area (Å²) >= 11 is 0. The van der Waals surface area contributed by atoms with E-state index in [-0.39, 0.29) is 30.3 Å². The monoisotopic (exact) mass is 353 g/mol. The van der Waals surface area contributed by atoms with Crippen molar-refractivity contribution in [2.45, 2.75) is 32.9 Å². The Morgan fingerprint density at radius 1 is 1.27 bits per heavy atom. The molecule has 1 aromatic carbocycles. The molecule has 6 heteroatoms. The van der Waals surface area contributed by atoms with Gasteiger partial charge in [0.2, 0.25) is 11.8 Å². The second-order valence-corrected chi connectivity index (χ2v) is 6.68. The summed E-state index contributed by atoms with van der Waals surface area (Å²) in [5.74, 6) is 0.106. The van der Waals surface area contributed by atoms with Crippen molar-refractivity contribution in [3.8, 4) is 5.75 Å². The second-order valence-electron chi connectivity index (χ2n) is 6.68. The van der Waals surface area contributed by atoms with E-state index in [2.05, 4.69) is 10.3 Å². The van der Waals surface area contributed by atoms with Crippen LogP contribution in [0.15, 0.2) is 48.8 Å². The predicted octanol–water partition coefficient (Wildman–Crippen LogP) is 2.86. The molecular formula is C20H23N3O3. The highest BCUT2D eigenvalue weighted by Crippen LogP contribution is 2.27. The lowest BCUT2D eigenvalue weighted by Gasteiger charge is -2.18. The van der Waals surface area contributed by atoms with Crippen LogP contribution in [0.1, 0.15) is 25.8 Å². The molecule has 0 spiro atoms. The molecule has 1 N–H and O–H groups in total. The number of amides is 2. The molecule has 1 aliphatic heterocycles. The minimum absolute atomic E-state index is 0.00585. The van der Waals surface area contributed by atoms with Gasteiger partial charge in [-0.05, 0) is 43.7 Å². The van der Waals surface area contributed by atoms with Gasteiger partial charge in [-0.25, -0.2) is 0 Å². The highest BCUT2D eigenvalue weighted by Gasteiger charge is 2.34. The summed E-state index contributed by atoms with van der Waals surface area (Å²) in [5.41, 5.74) is 1.64. The molecule has 136 valence electrons. The third kappa shape index (κ3) is 4.39. The van der Waals surface area contributed by atoms with Crippen molar-refractivity contribution < 1.29 is 14.3 Å². The first-order valence-electron chi connectivity index (χ1n) is 8.76. The molecule has 1 fully saturated rings. The zero-order chi connectivity index (χ0) is 18.5. The number of nitrogens with one attached hydrogen (secondary N) is 1. The largest absolute Gasteiger partial charge is 0.489 e. The lowest BCUT2D eigenvalue weighted by atomic mass is 10.1. The lowest BCUT2D eigenvalue weighted by Crippen LogP contribution is -2.28. The third-order valence-electron chi connectivity index (χ3n) is 4.22. The van der Waals surface area contributed by atoms with Crippen LogP contribution in [-0.2, 0) is 16.1 Å². The number of likely N-dealkylation sites (tertiary alicyclic amines) is 1. The molecule has 3 rings (SSSR count). The number of carbonyl (C=O) groups excluding carboxylic acids is 2. The topological polar surface area (TPSA) is 71.5 Å². The molecule has 26 heavy (non-hydrogen) atoms. The third-order valence-corrected chi connectivity index (χ3v) is 4.22. The molecule has 0 bridgehead atoms. The van der Waals surface area contributed by atoms with E-state index in [1.807, 2.05) is 44.2 Å². The molecule has 6 nitrogen and oxygen atoms in total. The Hall–Kier alpha value is -2.89. The van der Waals surface area contributed by atoms with Crippen LogP contribution in [0.5, 0.6) is 5.75 Å². The Morgan fingerprint density at radius 3 is 2.73 bits per heavy atom. The van der Waals surface area contributed by atoms with Crippen molar-refractivity contribution in [3.05, 3.63) is 54.4 Å². The van der Waals surface area contributed by atoms with E-state index in [1.165, 1.54) is 0 Å². The molecule has 2 amide bonds. The van der Waals surface area contributed by atoms with E-state index in [4.69, 9.17) is 4.74 Å². The van der Waals surface area contributed by atoms with Crippen LogP contribution >= 0.6 is 0 Å². The lowest BCUT2D eigenvalue weighted by molar-refractivity contribution is -0.128. The number of anilines is 1. The van der Waals surface area contributed by atoms with Gasteiger partial charge in [-0.2, -0.15) is 0 Å². The number of ether oxygens (including phenoxy) is 1. The van der Waals surface area contributed by atoms with E-state index >= 15 is 0 Å². The number of pyridine rings is 1. The smallest absolute Gasteiger partial charge is 0.229 e. The van der Waals surface area contributed by atoms with Crippen LogP contribution in [0, 0.1) is 5.92 Å². The quantitative estimate of drug-likeness (QED) is 0.867. The summed E-state index contributed by atoms with van der Waals surface area (Å²) in [6.07, 6.45) is 3.64.